The van der Waals surface area contributed by atoms with Crippen molar-refractivity contribution < 1.29 is 24.5 Å². The van der Waals surface area contributed by atoms with Crippen LogP contribution < -0.4 is 14.7 Å². The van der Waals surface area contributed by atoms with E-state index in [1.807, 2.05) is 0 Å². The molecule has 6 nitrogen and oxygen atoms in total. The van der Waals surface area contributed by atoms with Gasteiger partial charge in [0, 0.05) is 5.02 Å². The van der Waals surface area contributed by atoms with Gasteiger partial charge in [-0.25, -0.2) is 4.90 Å². The number of carbonyl (C=O) groups excluding carboxylic acids is 2. The molecule has 0 unspecified atom stereocenters. The molecule has 2 saturated heterocycles. The molecule has 2 heterocycles. The molecular weight excluding hydrogens is 318 g/mol. The standard InChI is InChI=1S/C16H20ClN3O3/c17-12-2-1-3-13(10-12)20-15(22)11-14(16(20)23)19-6-4-18(5-7-19)8-9-21/h1-3,10,14,21H,4-9,11H2/p+2/t14-/m0/s1. The van der Waals surface area contributed by atoms with Crippen LogP contribution in [-0.2, 0) is 9.59 Å². The predicted molar refractivity (Wildman–Crippen MR) is 85.7 cm³/mol. The van der Waals surface area contributed by atoms with E-state index >= 15 is 0 Å². The first-order chi connectivity index (χ1) is 11.1. The van der Waals surface area contributed by atoms with Crippen molar-refractivity contribution in [2.45, 2.75) is 12.5 Å². The summed E-state index contributed by atoms with van der Waals surface area (Å²) >= 11 is 5.97. The number of quaternary nitrogens is 2. The summed E-state index contributed by atoms with van der Waals surface area (Å²) in [6.45, 7) is 4.48. The van der Waals surface area contributed by atoms with Crippen molar-refractivity contribution in [3.8, 4) is 0 Å². The molecule has 124 valence electrons. The Morgan fingerprint density at radius 1 is 1.22 bits per heavy atom. The smallest absolute Gasteiger partial charge is 0.292 e. The fraction of sp³-hybridized carbons (Fsp3) is 0.500. The summed E-state index contributed by atoms with van der Waals surface area (Å²) in [7, 11) is 0. The molecule has 0 aliphatic carbocycles. The third-order valence-corrected chi connectivity index (χ3v) is 5.01. The highest BCUT2D eigenvalue weighted by molar-refractivity contribution is 6.31. The minimum atomic E-state index is -0.294. The largest absolute Gasteiger partial charge is 0.391 e. The van der Waals surface area contributed by atoms with Gasteiger partial charge in [0.2, 0.25) is 5.91 Å². The number of carbonyl (C=O) groups is 2. The van der Waals surface area contributed by atoms with Crippen LogP contribution in [0.3, 0.4) is 0 Å². The summed E-state index contributed by atoms with van der Waals surface area (Å²) in [5.41, 5.74) is 0.555. The normalized spacial score (nSPS) is 28.4. The maximum Gasteiger partial charge on any atom is 0.292 e. The lowest BCUT2D eigenvalue weighted by Gasteiger charge is -2.31. The molecule has 0 aromatic heterocycles. The molecule has 1 aromatic carbocycles. The number of rotatable bonds is 4. The number of anilines is 1. The zero-order chi connectivity index (χ0) is 16.4. The molecule has 3 rings (SSSR count). The van der Waals surface area contributed by atoms with Crippen LogP contribution >= 0.6 is 11.6 Å². The highest BCUT2D eigenvalue weighted by Crippen LogP contribution is 2.24. The Balaban J connectivity index is 1.70. The Kier molecular flexibility index (Phi) is 4.96. The molecule has 23 heavy (non-hydrogen) atoms. The molecule has 3 N–H and O–H groups in total. The fourth-order valence-electron chi connectivity index (χ4n) is 3.52. The van der Waals surface area contributed by atoms with Gasteiger partial charge in [0.05, 0.1) is 18.7 Å². The van der Waals surface area contributed by atoms with Gasteiger partial charge >= 0.3 is 0 Å². The SMILES string of the molecule is O=C1C[C@H]([NH+]2CC[NH+](CCO)CC2)C(=O)N1c1cccc(Cl)c1. The number of halogens is 1. The van der Waals surface area contributed by atoms with Gasteiger partial charge in [-0.1, -0.05) is 17.7 Å². The highest BCUT2D eigenvalue weighted by atomic mass is 35.5. The van der Waals surface area contributed by atoms with Crippen LogP contribution in [0.25, 0.3) is 0 Å². The number of nitrogens with one attached hydrogen (secondary N) is 2. The van der Waals surface area contributed by atoms with Gasteiger partial charge in [0.15, 0.2) is 6.04 Å². The van der Waals surface area contributed by atoms with Crippen LogP contribution in [0.5, 0.6) is 0 Å². The van der Waals surface area contributed by atoms with Crippen LogP contribution in [0.15, 0.2) is 24.3 Å². The van der Waals surface area contributed by atoms with Gasteiger partial charge in [-0.2, -0.15) is 0 Å². The number of hydrogen-bond acceptors (Lipinski definition) is 3. The van der Waals surface area contributed by atoms with E-state index in [-0.39, 0.29) is 30.9 Å². The number of amides is 2. The van der Waals surface area contributed by atoms with Gasteiger partial charge in [-0.05, 0) is 18.2 Å². The maximum atomic E-state index is 12.7. The summed E-state index contributed by atoms with van der Waals surface area (Å²) in [5, 5.41) is 9.53. The number of aliphatic hydroxyl groups excluding tert-OH is 1. The summed E-state index contributed by atoms with van der Waals surface area (Å²) in [6.07, 6.45) is 0.260. The molecule has 0 radical (unpaired) electrons. The van der Waals surface area contributed by atoms with Gasteiger partial charge < -0.3 is 14.9 Å². The number of nitrogens with zero attached hydrogens (tertiary/aromatic N) is 1. The van der Waals surface area contributed by atoms with Crippen molar-refractivity contribution in [1.82, 2.24) is 0 Å². The molecule has 1 atom stereocenters. The van der Waals surface area contributed by atoms with Crippen LogP contribution in [0, 0.1) is 0 Å². The lowest BCUT2D eigenvalue weighted by atomic mass is 10.1. The lowest BCUT2D eigenvalue weighted by Crippen LogP contribution is -3.30. The quantitative estimate of drug-likeness (QED) is 0.543. The van der Waals surface area contributed by atoms with Crippen molar-refractivity contribution in [3.05, 3.63) is 29.3 Å². The molecule has 0 bridgehead atoms. The van der Waals surface area contributed by atoms with Crippen LogP contribution in [0.1, 0.15) is 6.42 Å². The molecule has 2 aliphatic rings. The van der Waals surface area contributed by atoms with E-state index in [9.17, 15) is 9.59 Å². The second-order valence-electron chi connectivity index (χ2n) is 6.19. The number of hydrogen-bond donors (Lipinski definition) is 3. The van der Waals surface area contributed by atoms with E-state index in [0.29, 0.717) is 10.7 Å². The van der Waals surface area contributed by atoms with Crippen molar-refractivity contribution in [2.75, 3.05) is 44.2 Å². The minimum absolute atomic E-state index is 0.127. The van der Waals surface area contributed by atoms with Gasteiger partial charge in [0.25, 0.3) is 5.91 Å². The Morgan fingerprint density at radius 3 is 2.61 bits per heavy atom. The molecule has 0 spiro atoms. The average Bonchev–Trinajstić information content (AvgIpc) is 2.83. The van der Waals surface area contributed by atoms with E-state index in [2.05, 4.69) is 0 Å². The molecule has 7 heteroatoms. The molecule has 2 fully saturated rings. The third kappa shape index (κ3) is 3.40. The topological polar surface area (TPSA) is 66.5 Å². The summed E-state index contributed by atoms with van der Waals surface area (Å²) in [6, 6.07) is 6.57. The van der Waals surface area contributed by atoms with Crippen molar-refractivity contribution in [3.63, 3.8) is 0 Å². The van der Waals surface area contributed by atoms with Gasteiger partial charge in [-0.3, -0.25) is 9.59 Å². The fourth-order valence-corrected chi connectivity index (χ4v) is 3.70. The molecule has 1 aromatic rings. The lowest BCUT2D eigenvalue weighted by molar-refractivity contribution is -1.02. The van der Waals surface area contributed by atoms with Crippen LogP contribution in [0.4, 0.5) is 5.69 Å². The van der Waals surface area contributed by atoms with E-state index in [0.717, 1.165) is 32.7 Å². The number of imide groups is 1. The Bertz CT molecular complexity index is 602. The second kappa shape index (κ2) is 6.97. The van der Waals surface area contributed by atoms with E-state index < -0.39 is 0 Å². The van der Waals surface area contributed by atoms with E-state index in [1.165, 1.54) is 14.7 Å². The summed E-state index contributed by atoms with van der Waals surface area (Å²) in [4.78, 5) is 28.9. The Hall–Kier alpha value is -1.47. The highest BCUT2D eigenvalue weighted by Gasteiger charge is 2.46. The first-order valence-electron chi connectivity index (χ1n) is 8.01. The Labute approximate surface area is 140 Å². The predicted octanol–water partition coefficient (Wildman–Crippen LogP) is -2.25. The van der Waals surface area contributed by atoms with Crippen LogP contribution in [0.2, 0.25) is 5.02 Å². The van der Waals surface area contributed by atoms with E-state index in [4.69, 9.17) is 16.7 Å². The van der Waals surface area contributed by atoms with Gasteiger partial charge in [-0.15, -0.1) is 0 Å². The minimum Gasteiger partial charge on any atom is -0.391 e. The third-order valence-electron chi connectivity index (χ3n) is 4.77. The molecular formula is C16H22ClN3O3+2. The first-order valence-corrected chi connectivity index (χ1v) is 8.39. The first kappa shape index (κ1) is 16.4. The monoisotopic (exact) mass is 339 g/mol. The molecule has 2 amide bonds. The van der Waals surface area contributed by atoms with Crippen molar-refractivity contribution in [2.24, 2.45) is 0 Å². The molecule has 2 aliphatic heterocycles. The van der Waals surface area contributed by atoms with Crippen molar-refractivity contribution >= 4 is 29.1 Å². The summed E-state index contributed by atoms with van der Waals surface area (Å²) in [5.74, 6) is -0.280. The average molecular weight is 340 g/mol. The number of aliphatic hydroxyl groups is 1. The second-order valence-corrected chi connectivity index (χ2v) is 6.62. The van der Waals surface area contributed by atoms with E-state index in [1.54, 1.807) is 24.3 Å². The number of piperazine rings is 1. The summed E-state index contributed by atoms with van der Waals surface area (Å²) < 4.78 is 0. The van der Waals surface area contributed by atoms with Crippen molar-refractivity contribution in [1.29, 1.82) is 0 Å². The molecule has 0 saturated carbocycles. The zero-order valence-corrected chi connectivity index (χ0v) is 13.7. The zero-order valence-electron chi connectivity index (χ0n) is 12.9. The Morgan fingerprint density at radius 2 is 1.96 bits per heavy atom. The maximum absolute atomic E-state index is 12.7. The number of benzene rings is 1. The van der Waals surface area contributed by atoms with Gasteiger partial charge in [0.1, 0.15) is 32.7 Å². The van der Waals surface area contributed by atoms with Crippen LogP contribution in [-0.4, -0.2) is 62.3 Å².